The zero-order valence-electron chi connectivity index (χ0n) is 19.8. The average Bonchev–Trinajstić information content (AvgIpc) is 3.48. The smallest absolute Gasteiger partial charge is 0.167 e. The first-order valence-corrected chi connectivity index (χ1v) is 11.9. The summed E-state index contributed by atoms with van der Waals surface area (Å²) in [5.74, 6) is 6.79. The van der Waals surface area contributed by atoms with E-state index < -0.39 is 0 Å². The minimum absolute atomic E-state index is 0.0912. The molecule has 1 fully saturated rings. The summed E-state index contributed by atoms with van der Waals surface area (Å²) < 4.78 is 3.95. The molecule has 0 spiro atoms. The molecule has 0 saturated heterocycles. The number of aromatic hydroxyl groups is 1. The number of allylic oxidation sites excluding steroid dienone is 1. The van der Waals surface area contributed by atoms with Crippen LogP contribution in [0, 0.1) is 6.92 Å². The van der Waals surface area contributed by atoms with E-state index in [1.807, 2.05) is 17.6 Å². The van der Waals surface area contributed by atoms with Crippen molar-refractivity contribution in [3.8, 4) is 5.75 Å². The van der Waals surface area contributed by atoms with Crippen LogP contribution >= 0.6 is 9.24 Å². The summed E-state index contributed by atoms with van der Waals surface area (Å²) in [6.45, 7) is 3.16. The van der Waals surface area contributed by atoms with Crippen molar-refractivity contribution in [3.63, 3.8) is 0 Å². The number of carbonyl (C=O) groups is 1. The molecule has 1 saturated carbocycles. The van der Waals surface area contributed by atoms with Crippen LogP contribution in [0.2, 0.25) is 0 Å². The van der Waals surface area contributed by atoms with Crippen LogP contribution in [-0.4, -0.2) is 42.2 Å². The van der Waals surface area contributed by atoms with Gasteiger partial charge in [-0.2, -0.15) is 0 Å². The van der Waals surface area contributed by atoms with Gasteiger partial charge in [0.1, 0.15) is 11.4 Å². The van der Waals surface area contributed by atoms with Gasteiger partial charge in [-0.25, -0.2) is 15.8 Å². The van der Waals surface area contributed by atoms with Gasteiger partial charge >= 0.3 is 0 Å². The summed E-state index contributed by atoms with van der Waals surface area (Å²) in [4.78, 5) is 19.3. The number of nitrogens with two attached hydrogens (primary N) is 2. The van der Waals surface area contributed by atoms with Crippen LogP contribution in [0.5, 0.6) is 5.75 Å². The molecular formula is C24H31N8O2P. The molecule has 6 N–H and O–H groups in total. The number of rotatable bonds is 7. The summed E-state index contributed by atoms with van der Waals surface area (Å²) >= 11 is 0. The lowest BCUT2D eigenvalue weighted by Crippen LogP contribution is -2.26. The van der Waals surface area contributed by atoms with Crippen LogP contribution in [0.4, 0.5) is 0 Å². The number of carbonyl (C=O) groups excluding carboxylic acids is 1. The summed E-state index contributed by atoms with van der Waals surface area (Å²) in [6, 6.07) is 3.87. The largest absolute Gasteiger partial charge is 0.507 e. The topological polar surface area (TPSA) is 139 Å². The Bertz CT molecular complexity index is 1390. The first-order chi connectivity index (χ1) is 16.8. The number of fused-ring (bicyclic) bond motifs is 2. The van der Waals surface area contributed by atoms with Crippen molar-refractivity contribution in [1.82, 2.24) is 29.1 Å². The van der Waals surface area contributed by atoms with E-state index >= 15 is 0 Å². The average molecular weight is 495 g/mol. The van der Waals surface area contributed by atoms with Gasteiger partial charge in [-0.15, -0.1) is 0 Å². The van der Waals surface area contributed by atoms with Crippen molar-refractivity contribution >= 4 is 32.0 Å². The van der Waals surface area contributed by atoms with Crippen LogP contribution in [0.25, 0.3) is 11.2 Å². The predicted octanol–water partition coefficient (Wildman–Crippen LogP) is 1.45. The zero-order valence-corrected chi connectivity index (χ0v) is 21.0. The predicted molar refractivity (Wildman–Crippen MR) is 139 cm³/mol. The highest BCUT2D eigenvalue weighted by Gasteiger charge is 2.24. The zero-order chi connectivity index (χ0) is 25.1. The summed E-state index contributed by atoms with van der Waals surface area (Å²) in [5.41, 5.74) is 11.7. The molecular weight excluding hydrogens is 463 g/mol. The third-order valence-corrected chi connectivity index (χ3v) is 6.36. The number of hydrogen-bond donors (Lipinski definition) is 4. The second-order valence-electron chi connectivity index (χ2n) is 8.71. The van der Waals surface area contributed by atoms with Gasteiger partial charge in [-0.05, 0) is 49.9 Å². The number of aromatic nitrogens is 4. The second-order valence-corrected chi connectivity index (χ2v) is 9.28. The fourth-order valence-electron chi connectivity index (χ4n) is 3.98. The van der Waals surface area contributed by atoms with E-state index in [0.717, 1.165) is 33.4 Å². The second kappa shape index (κ2) is 10.4. The summed E-state index contributed by atoms with van der Waals surface area (Å²) in [6.07, 6.45) is 12.2. The molecule has 5 rings (SSSR count). The van der Waals surface area contributed by atoms with Crippen LogP contribution in [0.3, 0.4) is 0 Å². The Balaban J connectivity index is 0.000000179. The van der Waals surface area contributed by atoms with Crippen molar-refractivity contribution in [2.75, 3.05) is 7.05 Å². The number of aldehydes is 1. The number of hydrazine groups is 1. The fraction of sp³-hybridized carbons (Fsp3) is 0.292. The Hall–Kier alpha value is -3.46. The molecule has 0 aliphatic heterocycles. The molecule has 1 aliphatic rings. The van der Waals surface area contributed by atoms with Gasteiger partial charge in [0, 0.05) is 36.6 Å². The third-order valence-electron chi connectivity index (χ3n) is 5.79. The van der Waals surface area contributed by atoms with Gasteiger partial charge in [0.25, 0.3) is 0 Å². The van der Waals surface area contributed by atoms with Crippen LogP contribution < -0.4 is 22.2 Å². The number of pyridine rings is 2. The normalized spacial score (nSPS) is 13.7. The summed E-state index contributed by atoms with van der Waals surface area (Å²) in [5, 5.41) is 14.7. The van der Waals surface area contributed by atoms with Gasteiger partial charge in [0.15, 0.2) is 6.29 Å². The number of aryl methyl sites for hydroxylation is 1. The fourth-order valence-corrected chi connectivity index (χ4v) is 4.40. The van der Waals surface area contributed by atoms with Crippen molar-refractivity contribution in [2.45, 2.75) is 38.8 Å². The monoisotopic (exact) mass is 494 g/mol. The molecule has 0 aromatic carbocycles. The van der Waals surface area contributed by atoms with E-state index in [9.17, 15) is 9.90 Å². The Morgan fingerprint density at radius 2 is 2.14 bits per heavy atom. The highest BCUT2D eigenvalue weighted by molar-refractivity contribution is 7.28. The first-order valence-electron chi connectivity index (χ1n) is 11.3. The SMILES string of the molecule is CNCc1ncn2ccc(O)c(P)c12.Cc1cc(C2CC2)cn2cc(CN(N)/C=C(\N)C=O)nc12. The highest BCUT2D eigenvalue weighted by Crippen LogP contribution is 2.40. The maximum absolute atomic E-state index is 10.5. The van der Waals surface area contributed by atoms with Crippen molar-refractivity contribution in [3.05, 3.63) is 71.5 Å². The van der Waals surface area contributed by atoms with Gasteiger partial charge < -0.3 is 30.0 Å². The van der Waals surface area contributed by atoms with E-state index in [1.54, 1.807) is 18.6 Å². The third kappa shape index (κ3) is 5.62. The van der Waals surface area contributed by atoms with Gasteiger partial charge in [-0.3, -0.25) is 4.79 Å². The van der Waals surface area contributed by atoms with E-state index in [0.29, 0.717) is 25.3 Å². The minimum Gasteiger partial charge on any atom is -0.507 e. The minimum atomic E-state index is 0.0912. The standard InChI is InChI=1S/C15H19N5O.C9H12N3OP/c1-10-4-12(11-2-3-11)5-19-7-14(18-15(10)19)8-20(17)6-13(16)9-21;1-10-4-6-8-9(14)7(13)2-3-12(8)5-11-6/h4-7,9,11H,2-3,8,16-17H2,1H3;2-3,5,10,13H,4,14H2,1H3/b13-6-;. The van der Waals surface area contributed by atoms with Gasteiger partial charge in [0.05, 0.1) is 35.5 Å². The maximum atomic E-state index is 10.5. The number of hydrogen-bond acceptors (Lipinski definition) is 8. The number of nitrogens with zero attached hydrogens (tertiary/aromatic N) is 5. The Morgan fingerprint density at radius 1 is 1.37 bits per heavy atom. The van der Waals surface area contributed by atoms with Crippen molar-refractivity contribution < 1.29 is 9.90 Å². The quantitative estimate of drug-likeness (QED) is 0.0996. The molecule has 1 aliphatic carbocycles. The number of nitrogens with one attached hydrogen (secondary N) is 1. The Morgan fingerprint density at radius 3 is 2.83 bits per heavy atom. The molecule has 0 radical (unpaired) electrons. The number of imidazole rings is 2. The summed E-state index contributed by atoms with van der Waals surface area (Å²) in [7, 11) is 4.41. The lowest BCUT2D eigenvalue weighted by atomic mass is 10.1. The molecule has 4 aromatic rings. The van der Waals surface area contributed by atoms with Gasteiger partial charge in [0.2, 0.25) is 0 Å². The van der Waals surface area contributed by atoms with Crippen molar-refractivity contribution in [2.24, 2.45) is 11.6 Å². The molecule has 11 heteroatoms. The molecule has 0 bridgehead atoms. The van der Waals surface area contributed by atoms with Gasteiger partial charge in [-0.1, -0.05) is 15.3 Å². The van der Waals surface area contributed by atoms with E-state index in [4.69, 9.17) is 11.6 Å². The Labute approximate surface area is 205 Å². The van der Waals surface area contributed by atoms with Crippen molar-refractivity contribution in [1.29, 1.82) is 0 Å². The molecule has 184 valence electrons. The maximum Gasteiger partial charge on any atom is 0.167 e. The molecule has 4 heterocycles. The van der Waals surface area contributed by atoms with Crippen LogP contribution in [0.1, 0.15) is 41.3 Å². The first kappa shape index (κ1) is 24.7. The lowest BCUT2D eigenvalue weighted by molar-refractivity contribution is -0.105. The molecule has 1 unspecified atom stereocenters. The van der Waals surface area contributed by atoms with Crippen LogP contribution in [0.15, 0.2) is 48.9 Å². The van der Waals surface area contributed by atoms with E-state index in [-0.39, 0.29) is 11.4 Å². The molecule has 10 nitrogen and oxygen atoms in total. The van der Waals surface area contributed by atoms with E-state index in [1.165, 1.54) is 29.6 Å². The molecule has 4 aromatic heterocycles. The molecule has 35 heavy (non-hydrogen) atoms. The lowest BCUT2D eigenvalue weighted by Gasteiger charge is -2.11. The highest BCUT2D eigenvalue weighted by atomic mass is 31.0. The van der Waals surface area contributed by atoms with Crippen LogP contribution in [-0.2, 0) is 17.9 Å². The molecule has 1 atom stereocenters. The Kier molecular flexibility index (Phi) is 7.35. The van der Waals surface area contributed by atoms with E-state index in [2.05, 4.69) is 48.1 Å². The molecule has 0 amide bonds.